The molecule has 2 heterocycles. The van der Waals surface area contributed by atoms with E-state index >= 15 is 0 Å². The molecule has 0 atom stereocenters. The number of hydrogen-bond donors (Lipinski definition) is 2. The van der Waals surface area contributed by atoms with Crippen molar-refractivity contribution in [3.63, 3.8) is 0 Å². The molecule has 0 radical (unpaired) electrons. The summed E-state index contributed by atoms with van der Waals surface area (Å²) in [7, 11) is 0. The first-order chi connectivity index (χ1) is 18.7. The zero-order valence-electron chi connectivity index (χ0n) is 21.2. The molecule has 4 aromatic carbocycles. The number of pyridine rings is 2. The summed E-state index contributed by atoms with van der Waals surface area (Å²) < 4.78 is 0. The number of para-hydroxylation sites is 2. The van der Waals surface area contributed by atoms with E-state index in [1.807, 2.05) is 59.9 Å². The molecule has 6 rings (SSSR count). The van der Waals surface area contributed by atoms with Gasteiger partial charge in [-0.3, -0.25) is 0 Å². The largest absolute Gasteiger partial charge is 0.399 e. The van der Waals surface area contributed by atoms with Crippen LogP contribution in [0.25, 0.3) is 43.6 Å². The molecule has 4 nitrogen and oxygen atoms in total. The Morgan fingerprint density at radius 3 is 1.37 bits per heavy atom. The second kappa shape index (κ2) is 11.1. The molecular weight excluding hydrogens is 505 g/mol. The first kappa shape index (κ1) is 24.8. The van der Waals surface area contributed by atoms with Gasteiger partial charge in [0.1, 0.15) is 0 Å². The number of benzene rings is 4. The van der Waals surface area contributed by atoms with Crippen LogP contribution in [0.3, 0.4) is 0 Å². The van der Waals surface area contributed by atoms with Gasteiger partial charge in [0.2, 0.25) is 0 Å². The number of thioether (sulfide) groups is 2. The number of nitrogens with two attached hydrogens (primary N) is 2. The summed E-state index contributed by atoms with van der Waals surface area (Å²) in [5.41, 5.74) is 17.6. The van der Waals surface area contributed by atoms with Crippen LogP contribution < -0.4 is 11.5 Å². The summed E-state index contributed by atoms with van der Waals surface area (Å²) in [5.74, 6) is 2.20. The molecular formula is C32H30N4S2. The van der Waals surface area contributed by atoms with Gasteiger partial charge in [-0.25, -0.2) is 9.97 Å². The lowest BCUT2D eigenvalue weighted by molar-refractivity contribution is 0.711. The first-order valence-corrected chi connectivity index (χ1v) is 15.1. The minimum atomic E-state index is 0.756. The van der Waals surface area contributed by atoms with E-state index < -0.39 is 0 Å². The van der Waals surface area contributed by atoms with Crippen molar-refractivity contribution in [2.45, 2.75) is 35.5 Å². The zero-order valence-corrected chi connectivity index (χ0v) is 22.8. The van der Waals surface area contributed by atoms with Gasteiger partial charge in [0, 0.05) is 42.7 Å². The lowest BCUT2D eigenvalue weighted by Crippen LogP contribution is -1.92. The van der Waals surface area contributed by atoms with Gasteiger partial charge < -0.3 is 11.5 Å². The molecule has 4 N–H and O–H groups in total. The van der Waals surface area contributed by atoms with Crippen molar-refractivity contribution < 1.29 is 0 Å². The summed E-state index contributed by atoms with van der Waals surface area (Å²) in [5, 5.41) is 4.84. The molecule has 0 aliphatic carbocycles. The van der Waals surface area contributed by atoms with Crippen LogP contribution in [0.2, 0.25) is 0 Å². The van der Waals surface area contributed by atoms with E-state index in [1.165, 1.54) is 57.0 Å². The maximum atomic E-state index is 6.04. The molecule has 6 aromatic rings. The standard InChI is InChI=1S/C32H30N4S2/c33-21-13-15-25-29(19-21)35-27-11-5-3-9-23(27)31(25)37-17-7-1-2-8-18-38-32-24-10-4-6-12-28(24)36-30-20-22(34)14-16-26(30)32/h3-6,9-16,19-20H,1-2,7-8,17-18,33-34H2. The summed E-state index contributed by atoms with van der Waals surface area (Å²) in [6, 6.07) is 29.0. The van der Waals surface area contributed by atoms with Crippen LogP contribution in [0.15, 0.2) is 94.7 Å². The quantitative estimate of drug-likeness (QED) is 0.0836. The average Bonchev–Trinajstić information content (AvgIpc) is 2.93. The predicted molar refractivity (Wildman–Crippen MR) is 167 cm³/mol. The molecule has 0 aliphatic rings. The van der Waals surface area contributed by atoms with Gasteiger partial charge >= 0.3 is 0 Å². The highest BCUT2D eigenvalue weighted by atomic mass is 32.2. The maximum Gasteiger partial charge on any atom is 0.0741 e. The Kier molecular flexibility index (Phi) is 7.25. The number of anilines is 2. The van der Waals surface area contributed by atoms with Crippen molar-refractivity contribution >= 4 is 78.5 Å². The topological polar surface area (TPSA) is 77.8 Å². The Morgan fingerprint density at radius 1 is 0.474 bits per heavy atom. The molecule has 0 amide bonds. The highest BCUT2D eigenvalue weighted by molar-refractivity contribution is 8.00. The third-order valence-electron chi connectivity index (χ3n) is 6.84. The van der Waals surface area contributed by atoms with Crippen molar-refractivity contribution in [1.82, 2.24) is 9.97 Å². The molecule has 2 aromatic heterocycles. The van der Waals surface area contributed by atoms with E-state index in [0.29, 0.717) is 0 Å². The Balaban J connectivity index is 1.06. The molecule has 0 spiro atoms. The van der Waals surface area contributed by atoms with E-state index in [2.05, 4.69) is 48.5 Å². The van der Waals surface area contributed by atoms with E-state index in [1.54, 1.807) is 0 Å². The fourth-order valence-electron chi connectivity index (χ4n) is 4.96. The van der Waals surface area contributed by atoms with Gasteiger partial charge in [-0.15, -0.1) is 23.5 Å². The number of nitrogen functional groups attached to an aromatic ring is 2. The Morgan fingerprint density at radius 2 is 0.895 bits per heavy atom. The van der Waals surface area contributed by atoms with Crippen molar-refractivity contribution in [1.29, 1.82) is 0 Å². The smallest absolute Gasteiger partial charge is 0.0741 e. The fourth-order valence-corrected chi connectivity index (χ4v) is 7.38. The summed E-state index contributed by atoms with van der Waals surface area (Å²) in [6.45, 7) is 0. The Bertz CT molecular complexity index is 1640. The van der Waals surface area contributed by atoms with Crippen LogP contribution in [0.5, 0.6) is 0 Å². The minimum absolute atomic E-state index is 0.756. The summed E-state index contributed by atoms with van der Waals surface area (Å²) in [6.07, 6.45) is 4.86. The number of nitrogens with zero attached hydrogens (tertiary/aromatic N) is 2. The molecule has 0 fully saturated rings. The van der Waals surface area contributed by atoms with Crippen molar-refractivity contribution in [2.75, 3.05) is 23.0 Å². The van der Waals surface area contributed by atoms with Crippen molar-refractivity contribution in [3.8, 4) is 0 Å². The van der Waals surface area contributed by atoms with E-state index in [4.69, 9.17) is 21.4 Å². The van der Waals surface area contributed by atoms with Crippen LogP contribution in [0.1, 0.15) is 25.7 Å². The minimum Gasteiger partial charge on any atom is -0.399 e. The molecule has 190 valence electrons. The van der Waals surface area contributed by atoms with Crippen molar-refractivity contribution in [3.05, 3.63) is 84.9 Å². The number of unbranched alkanes of at least 4 members (excludes halogenated alkanes) is 3. The van der Waals surface area contributed by atoms with Gasteiger partial charge in [0.05, 0.1) is 22.1 Å². The zero-order chi connectivity index (χ0) is 25.9. The van der Waals surface area contributed by atoms with Crippen LogP contribution in [-0.2, 0) is 0 Å². The third kappa shape index (κ3) is 5.11. The van der Waals surface area contributed by atoms with E-state index in [-0.39, 0.29) is 0 Å². The highest BCUT2D eigenvalue weighted by Crippen LogP contribution is 2.37. The van der Waals surface area contributed by atoms with Crippen LogP contribution in [-0.4, -0.2) is 21.5 Å². The number of aromatic nitrogens is 2. The monoisotopic (exact) mass is 534 g/mol. The predicted octanol–water partition coefficient (Wildman–Crippen LogP) is 8.70. The fraction of sp³-hybridized carbons (Fsp3) is 0.188. The maximum absolute atomic E-state index is 6.04. The van der Waals surface area contributed by atoms with Gasteiger partial charge in [0.15, 0.2) is 0 Å². The number of fused-ring (bicyclic) bond motifs is 4. The van der Waals surface area contributed by atoms with Crippen molar-refractivity contribution in [2.24, 2.45) is 0 Å². The molecule has 0 aliphatic heterocycles. The van der Waals surface area contributed by atoms with Gasteiger partial charge in [-0.1, -0.05) is 49.2 Å². The first-order valence-electron chi connectivity index (χ1n) is 13.1. The molecule has 6 heteroatoms. The molecule has 0 saturated heterocycles. The average molecular weight is 535 g/mol. The van der Waals surface area contributed by atoms with Crippen LogP contribution in [0, 0.1) is 0 Å². The second-order valence-electron chi connectivity index (χ2n) is 9.58. The van der Waals surface area contributed by atoms with E-state index in [0.717, 1.165) is 44.9 Å². The molecule has 38 heavy (non-hydrogen) atoms. The number of hydrogen-bond acceptors (Lipinski definition) is 6. The van der Waals surface area contributed by atoms with Gasteiger partial charge in [-0.05, 0) is 72.9 Å². The van der Waals surface area contributed by atoms with Crippen LogP contribution in [0.4, 0.5) is 11.4 Å². The normalized spacial score (nSPS) is 11.7. The lowest BCUT2D eigenvalue weighted by Gasteiger charge is -2.12. The van der Waals surface area contributed by atoms with Gasteiger partial charge in [0.25, 0.3) is 0 Å². The molecule has 0 unspecified atom stereocenters. The Labute approximate surface area is 231 Å². The summed E-state index contributed by atoms with van der Waals surface area (Å²) >= 11 is 3.89. The SMILES string of the molecule is Nc1ccc2c(SCCCCCCSc3c4ccccc4nc4cc(N)ccc34)c3ccccc3nc2c1. The second-order valence-corrected chi connectivity index (χ2v) is 11.8. The third-order valence-corrected chi connectivity index (χ3v) is 9.29. The number of rotatable bonds is 9. The van der Waals surface area contributed by atoms with E-state index in [9.17, 15) is 0 Å². The van der Waals surface area contributed by atoms with Gasteiger partial charge in [-0.2, -0.15) is 0 Å². The Hall–Kier alpha value is -3.48. The molecule has 0 saturated carbocycles. The molecule has 0 bridgehead atoms. The highest BCUT2D eigenvalue weighted by Gasteiger charge is 2.11. The lowest BCUT2D eigenvalue weighted by atomic mass is 10.1. The summed E-state index contributed by atoms with van der Waals surface area (Å²) in [4.78, 5) is 12.3. The van der Waals surface area contributed by atoms with Crippen LogP contribution >= 0.6 is 23.5 Å².